The van der Waals surface area contributed by atoms with Gasteiger partial charge >= 0.3 is 0 Å². The van der Waals surface area contributed by atoms with Gasteiger partial charge in [-0.15, -0.1) is 0 Å². The molecule has 0 saturated heterocycles. The molecule has 0 unspecified atom stereocenters. The van der Waals surface area contributed by atoms with Crippen LogP contribution < -0.4 is 5.73 Å². The highest BCUT2D eigenvalue weighted by Crippen LogP contribution is 2.03. The van der Waals surface area contributed by atoms with Gasteiger partial charge < -0.3 is 5.73 Å². The van der Waals surface area contributed by atoms with E-state index in [1.807, 2.05) is 7.05 Å². The van der Waals surface area contributed by atoms with Crippen molar-refractivity contribution in [2.75, 3.05) is 5.73 Å². The van der Waals surface area contributed by atoms with Crippen LogP contribution in [0.2, 0.25) is 0 Å². The Morgan fingerprint density at radius 3 is 2.83 bits per heavy atom. The summed E-state index contributed by atoms with van der Waals surface area (Å²) in [6.07, 6.45) is 1.79. The number of nitrogen functional groups attached to an aromatic ring is 1. The Morgan fingerprint density at radius 2 is 2.33 bits per heavy atom. The lowest BCUT2D eigenvalue weighted by Crippen LogP contribution is -2.03. The molecule has 12 heavy (non-hydrogen) atoms. The third-order valence-electron chi connectivity index (χ3n) is 1.41. The van der Waals surface area contributed by atoms with Crippen LogP contribution in [0.5, 0.6) is 0 Å². The molecule has 0 aliphatic heterocycles. The van der Waals surface area contributed by atoms with Crippen LogP contribution in [0.1, 0.15) is 0 Å². The van der Waals surface area contributed by atoms with Crippen LogP contribution >= 0.6 is 0 Å². The number of hydrogen-bond donors (Lipinski definition) is 1. The van der Waals surface area contributed by atoms with E-state index in [1.165, 1.54) is 4.68 Å². The van der Waals surface area contributed by atoms with Gasteiger partial charge in [0.15, 0.2) is 5.82 Å². The number of aromatic nitrogens is 6. The molecule has 0 bridgehead atoms. The van der Waals surface area contributed by atoms with Crippen molar-refractivity contribution in [1.29, 1.82) is 0 Å². The number of hydrogen-bond acceptors (Lipinski definition) is 5. The van der Waals surface area contributed by atoms with Crippen LogP contribution in [-0.4, -0.2) is 30.0 Å². The summed E-state index contributed by atoms with van der Waals surface area (Å²) in [5.74, 6) is 0.841. The molecule has 2 rings (SSSR count). The van der Waals surface area contributed by atoms with E-state index < -0.39 is 0 Å². The SMILES string of the molecule is Cn1ccc(-n2nnnc2N)n1. The first kappa shape index (κ1) is 6.77. The second-order valence-electron chi connectivity index (χ2n) is 2.30. The molecule has 0 aliphatic rings. The monoisotopic (exact) mass is 165 g/mol. The molecule has 0 atom stereocenters. The van der Waals surface area contributed by atoms with Crippen LogP contribution in [-0.2, 0) is 7.05 Å². The third-order valence-corrected chi connectivity index (χ3v) is 1.41. The lowest BCUT2D eigenvalue weighted by molar-refractivity contribution is 0.716. The van der Waals surface area contributed by atoms with Crippen molar-refractivity contribution in [1.82, 2.24) is 30.0 Å². The molecule has 2 aromatic rings. The van der Waals surface area contributed by atoms with Gasteiger partial charge in [0.1, 0.15) is 0 Å². The van der Waals surface area contributed by atoms with Crippen molar-refractivity contribution < 1.29 is 0 Å². The van der Waals surface area contributed by atoms with Crippen LogP contribution in [0.15, 0.2) is 12.3 Å². The summed E-state index contributed by atoms with van der Waals surface area (Å²) in [5, 5.41) is 14.7. The highest BCUT2D eigenvalue weighted by Gasteiger charge is 2.05. The molecule has 0 amide bonds. The van der Waals surface area contributed by atoms with Crippen LogP contribution in [0.3, 0.4) is 0 Å². The molecule has 2 heterocycles. The van der Waals surface area contributed by atoms with Crippen molar-refractivity contribution in [2.24, 2.45) is 7.05 Å². The summed E-state index contributed by atoms with van der Waals surface area (Å²) >= 11 is 0. The van der Waals surface area contributed by atoms with Crippen molar-refractivity contribution in [3.8, 4) is 5.82 Å². The predicted octanol–water partition coefficient (Wildman–Crippen LogP) is -1.02. The fourth-order valence-electron chi connectivity index (χ4n) is 0.873. The Balaban J connectivity index is 2.50. The summed E-state index contributed by atoms with van der Waals surface area (Å²) in [5.41, 5.74) is 5.46. The number of rotatable bonds is 1. The van der Waals surface area contributed by atoms with E-state index in [9.17, 15) is 0 Å². The minimum Gasteiger partial charge on any atom is -0.366 e. The number of anilines is 1. The third kappa shape index (κ3) is 0.911. The highest BCUT2D eigenvalue weighted by molar-refractivity contribution is 5.27. The van der Waals surface area contributed by atoms with Gasteiger partial charge in [0, 0.05) is 19.3 Å². The first-order valence-corrected chi connectivity index (χ1v) is 3.31. The zero-order valence-corrected chi connectivity index (χ0v) is 6.42. The Labute approximate surface area is 67.8 Å². The standard InChI is InChI=1S/C5H7N7/c1-11-3-2-4(8-11)12-5(6)7-9-10-12/h2-3H,1H3,(H2,6,7,10). The number of nitrogens with zero attached hydrogens (tertiary/aromatic N) is 6. The molecule has 0 aliphatic carbocycles. The van der Waals surface area contributed by atoms with Gasteiger partial charge in [-0.1, -0.05) is 5.10 Å². The van der Waals surface area contributed by atoms with E-state index in [0.717, 1.165) is 0 Å². The number of aryl methyl sites for hydroxylation is 1. The second kappa shape index (κ2) is 2.29. The molecule has 0 spiro atoms. The average molecular weight is 165 g/mol. The van der Waals surface area contributed by atoms with Crippen molar-refractivity contribution in [2.45, 2.75) is 0 Å². The van der Waals surface area contributed by atoms with E-state index in [1.54, 1.807) is 16.9 Å². The molecule has 0 radical (unpaired) electrons. The summed E-state index contributed by atoms with van der Waals surface area (Å²) < 4.78 is 3.01. The average Bonchev–Trinajstić information content (AvgIpc) is 2.58. The molecular weight excluding hydrogens is 158 g/mol. The maximum atomic E-state index is 5.46. The molecule has 7 heteroatoms. The first-order chi connectivity index (χ1) is 5.77. The van der Waals surface area contributed by atoms with Gasteiger partial charge in [0.25, 0.3) is 0 Å². The Bertz CT molecular complexity index is 386. The van der Waals surface area contributed by atoms with E-state index in [4.69, 9.17) is 5.73 Å². The van der Waals surface area contributed by atoms with Crippen LogP contribution in [0.25, 0.3) is 5.82 Å². The molecule has 0 saturated carbocycles. The quantitative estimate of drug-likeness (QED) is 0.584. The predicted molar refractivity (Wildman–Crippen MR) is 40.3 cm³/mol. The summed E-state index contributed by atoms with van der Waals surface area (Å²) in [6.45, 7) is 0. The van der Waals surface area contributed by atoms with Gasteiger partial charge in [-0.2, -0.15) is 9.78 Å². The lowest BCUT2D eigenvalue weighted by Gasteiger charge is -1.93. The maximum absolute atomic E-state index is 5.46. The topological polar surface area (TPSA) is 87.4 Å². The molecule has 7 nitrogen and oxygen atoms in total. The minimum absolute atomic E-state index is 0.230. The Hall–Kier alpha value is -1.92. The number of nitrogens with two attached hydrogens (primary N) is 1. The van der Waals surface area contributed by atoms with Gasteiger partial charge in [-0.25, -0.2) is 0 Å². The molecule has 2 aromatic heterocycles. The second-order valence-corrected chi connectivity index (χ2v) is 2.30. The Kier molecular flexibility index (Phi) is 1.29. The van der Waals surface area contributed by atoms with E-state index in [-0.39, 0.29) is 5.95 Å². The molecule has 0 aromatic carbocycles. The van der Waals surface area contributed by atoms with Crippen LogP contribution in [0, 0.1) is 0 Å². The van der Waals surface area contributed by atoms with Crippen LogP contribution in [0.4, 0.5) is 5.95 Å². The van der Waals surface area contributed by atoms with Crippen molar-refractivity contribution in [3.05, 3.63) is 12.3 Å². The van der Waals surface area contributed by atoms with Gasteiger partial charge in [-0.3, -0.25) is 4.68 Å². The van der Waals surface area contributed by atoms with E-state index >= 15 is 0 Å². The molecule has 0 fully saturated rings. The zero-order chi connectivity index (χ0) is 8.55. The zero-order valence-electron chi connectivity index (χ0n) is 6.42. The Morgan fingerprint density at radius 1 is 1.50 bits per heavy atom. The normalized spacial score (nSPS) is 10.4. The molecule has 2 N–H and O–H groups in total. The molecule has 62 valence electrons. The van der Waals surface area contributed by atoms with Gasteiger partial charge in [0.2, 0.25) is 5.95 Å². The summed E-state index contributed by atoms with van der Waals surface area (Å²) in [6, 6.07) is 1.77. The van der Waals surface area contributed by atoms with Crippen molar-refractivity contribution >= 4 is 5.95 Å². The van der Waals surface area contributed by atoms with E-state index in [2.05, 4.69) is 20.6 Å². The summed E-state index contributed by atoms with van der Waals surface area (Å²) in [4.78, 5) is 0. The maximum Gasteiger partial charge on any atom is 0.246 e. The first-order valence-electron chi connectivity index (χ1n) is 3.31. The van der Waals surface area contributed by atoms with Gasteiger partial charge in [-0.05, 0) is 10.4 Å². The fourth-order valence-corrected chi connectivity index (χ4v) is 0.873. The number of tetrazole rings is 1. The van der Waals surface area contributed by atoms with Crippen molar-refractivity contribution in [3.63, 3.8) is 0 Å². The minimum atomic E-state index is 0.230. The lowest BCUT2D eigenvalue weighted by atomic mass is 10.6. The van der Waals surface area contributed by atoms with E-state index in [0.29, 0.717) is 5.82 Å². The van der Waals surface area contributed by atoms with Gasteiger partial charge in [0.05, 0.1) is 0 Å². The smallest absolute Gasteiger partial charge is 0.246 e. The summed E-state index contributed by atoms with van der Waals surface area (Å²) in [7, 11) is 1.81. The molecular formula is C5H7N7. The largest absolute Gasteiger partial charge is 0.366 e. The highest BCUT2D eigenvalue weighted by atomic mass is 15.6. The fraction of sp³-hybridized carbons (Fsp3) is 0.200.